The molecular weight excluding hydrogens is 459 g/mol. The number of fused-ring (bicyclic) bond motifs is 1. The van der Waals surface area contributed by atoms with E-state index in [9.17, 15) is 4.79 Å². The van der Waals surface area contributed by atoms with E-state index in [0.717, 1.165) is 41.7 Å². The third kappa shape index (κ3) is 4.86. The maximum Gasteiger partial charge on any atom is 0.239 e. The number of aromatic nitrogens is 2. The average molecular weight is 485 g/mol. The van der Waals surface area contributed by atoms with Crippen LogP contribution in [-0.4, -0.2) is 59.5 Å². The fourth-order valence-corrected chi connectivity index (χ4v) is 4.90. The number of nitrogens with one attached hydrogen (secondary N) is 2. The number of hydrogen-bond acceptors (Lipinski definition) is 6. The van der Waals surface area contributed by atoms with E-state index >= 15 is 0 Å². The molecule has 2 saturated heterocycles. The minimum Gasteiger partial charge on any atom is -0.365 e. The van der Waals surface area contributed by atoms with E-state index in [1.807, 2.05) is 41.3 Å². The molecule has 1 aromatic heterocycles. The Bertz CT molecular complexity index is 1160. The van der Waals surface area contributed by atoms with Gasteiger partial charge >= 0.3 is 0 Å². The Morgan fingerprint density at radius 1 is 1.09 bits per heavy atom. The zero-order valence-corrected chi connectivity index (χ0v) is 19.7. The summed E-state index contributed by atoms with van der Waals surface area (Å²) in [6.45, 7) is 4.22. The van der Waals surface area contributed by atoms with E-state index in [1.165, 1.54) is 0 Å². The first-order valence-electron chi connectivity index (χ1n) is 11.3. The molecule has 0 radical (unpaired) electrons. The van der Waals surface area contributed by atoms with Crippen LogP contribution in [-0.2, 0) is 11.3 Å². The molecule has 3 aromatic rings. The van der Waals surface area contributed by atoms with E-state index in [2.05, 4.69) is 15.5 Å². The Morgan fingerprint density at radius 2 is 1.91 bits per heavy atom. The molecular formula is C24H26Cl2N6O. The fourth-order valence-electron chi connectivity index (χ4n) is 4.43. The van der Waals surface area contributed by atoms with Crippen molar-refractivity contribution in [3.05, 3.63) is 58.1 Å². The molecule has 0 aliphatic carbocycles. The summed E-state index contributed by atoms with van der Waals surface area (Å²) in [6.07, 6.45) is 2.00. The number of rotatable bonds is 5. The summed E-state index contributed by atoms with van der Waals surface area (Å²) in [6, 6.07) is 13.4. The van der Waals surface area contributed by atoms with Crippen molar-refractivity contribution in [2.45, 2.75) is 25.4 Å². The smallest absolute Gasteiger partial charge is 0.239 e. The summed E-state index contributed by atoms with van der Waals surface area (Å²) in [7, 11) is 0. The molecule has 1 unspecified atom stereocenters. The molecule has 0 bridgehead atoms. The van der Waals surface area contributed by atoms with E-state index < -0.39 is 0 Å². The summed E-state index contributed by atoms with van der Waals surface area (Å²) in [5.74, 6) is 1.65. The maximum absolute atomic E-state index is 12.7. The van der Waals surface area contributed by atoms with Crippen molar-refractivity contribution in [2.75, 3.05) is 42.9 Å². The second-order valence-electron chi connectivity index (χ2n) is 8.44. The van der Waals surface area contributed by atoms with Crippen LogP contribution in [0.1, 0.15) is 18.4 Å². The van der Waals surface area contributed by atoms with Crippen molar-refractivity contribution in [3.8, 4) is 0 Å². The van der Waals surface area contributed by atoms with Gasteiger partial charge in [0.25, 0.3) is 0 Å². The van der Waals surface area contributed by atoms with E-state index in [-0.39, 0.29) is 11.9 Å². The molecule has 5 rings (SSSR count). The standard InChI is InChI=1S/C24H26Cl2N6O/c25-17-8-7-16(19(26)14-17)15-28-22-18-4-1-2-5-20(18)29-24(30-22)32-12-10-31(11-13-32)23(33)21-6-3-9-27-21/h1-2,4-5,7-8,14,21,27H,3,6,9-13,15H2,(H,28,29,30). The summed E-state index contributed by atoms with van der Waals surface area (Å²) in [5, 5.41) is 8.91. The number of amides is 1. The van der Waals surface area contributed by atoms with Crippen LogP contribution in [0.3, 0.4) is 0 Å². The van der Waals surface area contributed by atoms with Gasteiger partial charge in [0.15, 0.2) is 0 Å². The maximum atomic E-state index is 12.7. The van der Waals surface area contributed by atoms with Gasteiger partial charge in [-0.1, -0.05) is 41.4 Å². The lowest BCUT2D eigenvalue weighted by molar-refractivity contribution is -0.133. The van der Waals surface area contributed by atoms with Gasteiger partial charge in [0, 0.05) is 48.2 Å². The van der Waals surface area contributed by atoms with Crippen molar-refractivity contribution in [3.63, 3.8) is 0 Å². The summed E-state index contributed by atoms with van der Waals surface area (Å²) < 4.78 is 0. The van der Waals surface area contributed by atoms with E-state index in [1.54, 1.807) is 6.07 Å². The highest BCUT2D eigenvalue weighted by atomic mass is 35.5. The summed E-state index contributed by atoms with van der Waals surface area (Å²) >= 11 is 12.4. The number of nitrogens with zero attached hydrogens (tertiary/aromatic N) is 4. The molecule has 7 nitrogen and oxygen atoms in total. The molecule has 9 heteroatoms. The lowest BCUT2D eigenvalue weighted by Gasteiger charge is -2.36. The topological polar surface area (TPSA) is 73.4 Å². The van der Waals surface area contributed by atoms with Crippen LogP contribution in [0.2, 0.25) is 10.0 Å². The van der Waals surface area contributed by atoms with E-state index in [0.29, 0.717) is 48.7 Å². The zero-order chi connectivity index (χ0) is 22.8. The number of carbonyl (C=O) groups is 1. The molecule has 1 amide bonds. The Kier molecular flexibility index (Phi) is 6.53. The molecule has 1 atom stereocenters. The third-order valence-corrected chi connectivity index (χ3v) is 6.87. The first kappa shape index (κ1) is 22.2. The molecule has 2 fully saturated rings. The number of piperazine rings is 1. The highest BCUT2D eigenvalue weighted by molar-refractivity contribution is 6.35. The van der Waals surface area contributed by atoms with Gasteiger partial charge in [0.1, 0.15) is 5.82 Å². The minimum atomic E-state index is -0.0241. The first-order valence-corrected chi connectivity index (χ1v) is 12.1. The lowest BCUT2D eigenvalue weighted by Crippen LogP contribution is -2.53. The van der Waals surface area contributed by atoms with Gasteiger partial charge in [-0.3, -0.25) is 4.79 Å². The Morgan fingerprint density at radius 3 is 2.67 bits per heavy atom. The number of hydrogen-bond donors (Lipinski definition) is 2. The number of anilines is 2. The molecule has 2 N–H and O–H groups in total. The van der Waals surface area contributed by atoms with Gasteiger partial charge < -0.3 is 20.4 Å². The Labute approximate surface area is 203 Å². The fraction of sp³-hybridized carbons (Fsp3) is 0.375. The molecule has 3 heterocycles. The van der Waals surface area contributed by atoms with Crippen molar-refractivity contribution in [2.24, 2.45) is 0 Å². The van der Waals surface area contributed by atoms with Gasteiger partial charge in [-0.2, -0.15) is 4.98 Å². The predicted molar refractivity (Wildman–Crippen MR) is 133 cm³/mol. The van der Waals surface area contributed by atoms with Crippen LogP contribution in [0, 0.1) is 0 Å². The molecule has 33 heavy (non-hydrogen) atoms. The van der Waals surface area contributed by atoms with Crippen LogP contribution >= 0.6 is 23.2 Å². The number of carbonyl (C=O) groups excluding carboxylic acids is 1. The molecule has 2 aromatic carbocycles. The molecule has 2 aliphatic rings. The van der Waals surface area contributed by atoms with Gasteiger partial charge in [-0.25, -0.2) is 4.98 Å². The van der Waals surface area contributed by atoms with Gasteiger partial charge in [-0.15, -0.1) is 0 Å². The van der Waals surface area contributed by atoms with Crippen LogP contribution in [0.25, 0.3) is 10.9 Å². The number of benzene rings is 2. The van der Waals surface area contributed by atoms with Crippen LogP contribution in [0.5, 0.6) is 0 Å². The Balaban J connectivity index is 1.33. The predicted octanol–water partition coefficient (Wildman–Crippen LogP) is 3.95. The second kappa shape index (κ2) is 9.71. The SMILES string of the molecule is O=C(C1CCCN1)N1CCN(c2nc(NCc3ccc(Cl)cc3Cl)c3ccccc3n2)CC1. The van der Waals surface area contributed by atoms with Crippen molar-refractivity contribution in [1.29, 1.82) is 0 Å². The van der Waals surface area contributed by atoms with Crippen molar-refractivity contribution < 1.29 is 4.79 Å². The number of para-hydroxylation sites is 1. The van der Waals surface area contributed by atoms with Crippen molar-refractivity contribution >= 4 is 51.8 Å². The highest BCUT2D eigenvalue weighted by Crippen LogP contribution is 2.27. The largest absolute Gasteiger partial charge is 0.365 e. The number of halogens is 2. The first-order chi connectivity index (χ1) is 16.1. The van der Waals surface area contributed by atoms with Gasteiger partial charge in [-0.05, 0) is 49.2 Å². The normalized spacial score (nSPS) is 18.7. The quantitative estimate of drug-likeness (QED) is 0.571. The van der Waals surface area contributed by atoms with Crippen LogP contribution in [0.4, 0.5) is 11.8 Å². The van der Waals surface area contributed by atoms with Gasteiger partial charge in [0.2, 0.25) is 11.9 Å². The highest BCUT2D eigenvalue weighted by Gasteiger charge is 2.30. The minimum absolute atomic E-state index is 0.0241. The third-order valence-electron chi connectivity index (χ3n) is 6.29. The Hall–Kier alpha value is -2.61. The molecule has 0 saturated carbocycles. The lowest BCUT2D eigenvalue weighted by atomic mass is 10.2. The van der Waals surface area contributed by atoms with Crippen molar-refractivity contribution in [1.82, 2.24) is 20.2 Å². The summed E-state index contributed by atoms with van der Waals surface area (Å²) in [5.41, 5.74) is 1.82. The molecule has 2 aliphatic heterocycles. The zero-order valence-electron chi connectivity index (χ0n) is 18.2. The molecule has 172 valence electrons. The van der Waals surface area contributed by atoms with Crippen LogP contribution in [0.15, 0.2) is 42.5 Å². The second-order valence-corrected chi connectivity index (χ2v) is 9.28. The van der Waals surface area contributed by atoms with E-state index in [4.69, 9.17) is 33.2 Å². The monoisotopic (exact) mass is 484 g/mol. The van der Waals surface area contributed by atoms with Gasteiger partial charge in [0.05, 0.1) is 11.6 Å². The average Bonchev–Trinajstić information content (AvgIpc) is 3.38. The molecule has 0 spiro atoms. The van der Waals surface area contributed by atoms with Crippen LogP contribution < -0.4 is 15.5 Å². The summed E-state index contributed by atoms with van der Waals surface area (Å²) in [4.78, 5) is 26.5.